The fraction of sp³-hybridized carbons (Fsp3) is 0.318. The second-order valence-corrected chi connectivity index (χ2v) is 10.5. The van der Waals surface area contributed by atoms with Gasteiger partial charge in [0, 0.05) is 28.6 Å². The molecular formula is C22H25N9O5S3. The normalized spacial score (nSPS) is 24.8. The number of oxime groups is 1. The van der Waals surface area contributed by atoms with Gasteiger partial charge in [-0.25, -0.2) is 14.8 Å². The van der Waals surface area contributed by atoms with Gasteiger partial charge in [0.1, 0.15) is 41.2 Å². The molecule has 8 N–H and O–H groups in total. The Morgan fingerprint density at radius 1 is 1.46 bits per heavy atom. The summed E-state index contributed by atoms with van der Waals surface area (Å²) >= 11 is 7.48. The van der Waals surface area contributed by atoms with Crippen molar-refractivity contribution in [1.29, 1.82) is 0 Å². The summed E-state index contributed by atoms with van der Waals surface area (Å²) in [6.07, 6.45) is 2.35. The van der Waals surface area contributed by atoms with Crippen LogP contribution in [0, 0.1) is 0 Å². The predicted octanol–water partition coefficient (Wildman–Crippen LogP) is -0.441. The fourth-order valence-electron chi connectivity index (χ4n) is 4.24. The van der Waals surface area contributed by atoms with E-state index < -0.39 is 34.9 Å². The number of hydrogen-bond donors (Lipinski definition) is 5. The summed E-state index contributed by atoms with van der Waals surface area (Å²) in [5.74, 6) is -2.39. The number of carboxylic acids is 1. The maximum Gasteiger partial charge on any atom is 0.353 e. The number of nitrogens with one attached hydrogen (secondary N) is 1. The van der Waals surface area contributed by atoms with Crippen molar-refractivity contribution in [2.75, 3.05) is 24.6 Å². The number of aliphatic carboxylic acids is 1. The maximum absolute atomic E-state index is 13.6. The first kappa shape index (κ1) is 28.2. The molecule has 1 aromatic heterocycles. The van der Waals surface area contributed by atoms with E-state index in [-0.39, 0.29) is 51.8 Å². The summed E-state index contributed by atoms with van der Waals surface area (Å²) in [5.41, 5.74) is 15.9. The molecule has 206 valence electrons. The number of carboxylic acid groups (broad SMARTS) is 1. The van der Waals surface area contributed by atoms with Crippen LogP contribution in [0.15, 0.2) is 51.4 Å². The fourth-order valence-corrected chi connectivity index (χ4v) is 6.59. The molecule has 3 aliphatic heterocycles. The molecule has 14 nitrogen and oxygen atoms in total. The lowest BCUT2D eigenvalue weighted by atomic mass is 9.87. The van der Waals surface area contributed by atoms with Gasteiger partial charge in [0.15, 0.2) is 16.4 Å². The lowest BCUT2D eigenvalue weighted by Gasteiger charge is -2.55. The van der Waals surface area contributed by atoms with Gasteiger partial charge in [0.05, 0.1) is 0 Å². The number of anilines is 1. The van der Waals surface area contributed by atoms with Crippen LogP contribution in [0.4, 0.5) is 5.13 Å². The van der Waals surface area contributed by atoms with Crippen LogP contribution in [0.25, 0.3) is 0 Å². The molecule has 1 aromatic rings. The molecule has 1 saturated heterocycles. The SMILES string of the molecule is C=CCO/N=C(\C(=O)NC1(C=S)C(=O)N2C(C(=O)O)=C(C3=NC(N)=CC(N)N3CC)CS[C@H]21)c1csc(N)n1. The van der Waals surface area contributed by atoms with Crippen molar-refractivity contribution in [3.8, 4) is 0 Å². The molecule has 3 aliphatic rings. The molecule has 2 amide bonds. The van der Waals surface area contributed by atoms with E-state index in [9.17, 15) is 19.5 Å². The van der Waals surface area contributed by atoms with Crippen molar-refractivity contribution in [1.82, 2.24) is 20.1 Å². The molecule has 4 rings (SSSR count). The second kappa shape index (κ2) is 11.1. The highest BCUT2D eigenvalue weighted by molar-refractivity contribution is 8.00. The molecule has 4 heterocycles. The predicted molar refractivity (Wildman–Crippen MR) is 152 cm³/mol. The number of thiazole rings is 1. The number of thioether (sulfide) groups is 1. The van der Waals surface area contributed by atoms with Gasteiger partial charge < -0.3 is 37.4 Å². The van der Waals surface area contributed by atoms with Gasteiger partial charge in [-0.2, -0.15) is 0 Å². The van der Waals surface area contributed by atoms with E-state index in [1.807, 2.05) is 6.92 Å². The summed E-state index contributed by atoms with van der Waals surface area (Å²) < 4.78 is 0. The second-order valence-electron chi connectivity index (χ2n) is 8.31. The molecule has 0 saturated carbocycles. The topological polar surface area (TPSA) is 215 Å². The number of nitrogen functional groups attached to an aromatic ring is 1. The van der Waals surface area contributed by atoms with Gasteiger partial charge in [0.25, 0.3) is 11.8 Å². The van der Waals surface area contributed by atoms with E-state index in [0.29, 0.717) is 6.54 Å². The van der Waals surface area contributed by atoms with Gasteiger partial charge in [-0.1, -0.05) is 30.0 Å². The summed E-state index contributed by atoms with van der Waals surface area (Å²) in [4.78, 5) is 55.7. The molecule has 0 spiro atoms. The number of hydrogen-bond acceptors (Lipinski definition) is 14. The highest BCUT2D eigenvalue weighted by Crippen LogP contribution is 2.46. The van der Waals surface area contributed by atoms with Gasteiger partial charge in [-0.15, -0.1) is 23.1 Å². The van der Waals surface area contributed by atoms with Crippen LogP contribution in [0.1, 0.15) is 12.6 Å². The smallest absolute Gasteiger partial charge is 0.353 e. The van der Waals surface area contributed by atoms with E-state index in [4.69, 9.17) is 34.3 Å². The van der Waals surface area contributed by atoms with Gasteiger partial charge in [-0.3, -0.25) is 14.5 Å². The van der Waals surface area contributed by atoms with Crippen molar-refractivity contribution < 1.29 is 24.3 Å². The Labute approximate surface area is 236 Å². The number of nitrogens with zero attached hydrogens (tertiary/aromatic N) is 5. The highest BCUT2D eigenvalue weighted by Gasteiger charge is 2.65. The molecule has 0 radical (unpaired) electrons. The maximum atomic E-state index is 13.6. The molecule has 2 unspecified atom stereocenters. The largest absolute Gasteiger partial charge is 0.477 e. The van der Waals surface area contributed by atoms with E-state index >= 15 is 0 Å². The average molecular weight is 592 g/mol. The zero-order chi connectivity index (χ0) is 28.5. The standard InChI is InChI=1S/C22H25N9O5S3/c1-3-5-36-29-14(11-8-39-21(25)26-11)17(32)28-22(9-37)19(35)31-15(18(33)34)10(7-38-20(22)31)16-27-12(23)6-13(24)30(16)4-2/h3,6,8-9,13,20H,1,4-5,7,23-24H2,2H3,(H2,25,26)(H,28,32)(H,33,34)/b29-14-/t13?,20-,22?/m0/s1. The first-order valence-corrected chi connectivity index (χ1v) is 13.8. The average Bonchev–Trinajstić information content (AvgIpc) is 3.33. The summed E-state index contributed by atoms with van der Waals surface area (Å²) in [6, 6.07) is 0. The Bertz CT molecular complexity index is 1370. The van der Waals surface area contributed by atoms with Crippen LogP contribution >= 0.6 is 35.3 Å². The number of nitrogens with two attached hydrogens (primary N) is 3. The zero-order valence-electron chi connectivity index (χ0n) is 20.6. The first-order chi connectivity index (χ1) is 18.6. The molecule has 0 aliphatic carbocycles. The number of aliphatic imine (C=N–C) groups is 1. The van der Waals surface area contributed by atoms with Gasteiger partial charge in [0.2, 0.25) is 0 Å². The minimum Gasteiger partial charge on any atom is -0.477 e. The van der Waals surface area contributed by atoms with E-state index in [0.717, 1.165) is 21.6 Å². The number of aromatic nitrogens is 1. The molecule has 0 bridgehead atoms. The quantitative estimate of drug-likeness (QED) is 0.0585. The van der Waals surface area contributed by atoms with Crippen LogP contribution in [0.3, 0.4) is 0 Å². The van der Waals surface area contributed by atoms with Crippen molar-refractivity contribution in [2.24, 2.45) is 21.6 Å². The molecule has 1 fully saturated rings. The van der Waals surface area contributed by atoms with E-state index in [1.54, 1.807) is 11.0 Å². The Morgan fingerprint density at radius 2 is 2.21 bits per heavy atom. The van der Waals surface area contributed by atoms with Crippen LogP contribution in [0.2, 0.25) is 0 Å². The minimum absolute atomic E-state index is 0.0114. The van der Waals surface area contributed by atoms with Crippen molar-refractivity contribution in [3.63, 3.8) is 0 Å². The number of carbonyl (C=O) groups is 3. The van der Waals surface area contributed by atoms with Crippen molar-refractivity contribution in [2.45, 2.75) is 24.0 Å². The summed E-state index contributed by atoms with van der Waals surface area (Å²) in [6.45, 7) is 5.79. The molecule has 39 heavy (non-hydrogen) atoms. The third-order valence-electron chi connectivity index (χ3n) is 5.96. The van der Waals surface area contributed by atoms with Crippen LogP contribution in [0.5, 0.6) is 0 Å². The van der Waals surface area contributed by atoms with Crippen molar-refractivity contribution in [3.05, 3.63) is 46.9 Å². The Balaban J connectivity index is 1.69. The highest BCUT2D eigenvalue weighted by atomic mass is 32.2. The molecule has 0 aromatic carbocycles. The number of carbonyl (C=O) groups excluding carboxylic acids is 2. The van der Waals surface area contributed by atoms with Gasteiger partial charge >= 0.3 is 5.97 Å². The number of likely N-dealkylation sites (N-methyl/N-ethyl adjacent to an activating group) is 1. The summed E-state index contributed by atoms with van der Waals surface area (Å²) in [7, 11) is 0. The number of amides is 2. The third-order valence-corrected chi connectivity index (χ3v) is 8.36. The Hall–Kier alpha value is -3.80. The molecular weight excluding hydrogens is 567 g/mol. The zero-order valence-corrected chi connectivity index (χ0v) is 23.0. The number of β-lactam (4-membered cyclic amide) rings is 1. The van der Waals surface area contributed by atoms with Gasteiger partial charge in [-0.05, 0) is 13.0 Å². The van der Waals surface area contributed by atoms with Crippen LogP contribution < -0.4 is 22.5 Å². The monoisotopic (exact) mass is 591 g/mol. The number of thiocarbonyl (C=S) groups is 1. The number of amidine groups is 1. The Kier molecular flexibility index (Phi) is 8.05. The van der Waals surface area contributed by atoms with E-state index in [2.05, 4.69) is 27.0 Å². The Morgan fingerprint density at radius 3 is 2.79 bits per heavy atom. The third kappa shape index (κ3) is 4.88. The number of rotatable bonds is 10. The van der Waals surface area contributed by atoms with Crippen LogP contribution in [-0.2, 0) is 19.2 Å². The summed E-state index contributed by atoms with van der Waals surface area (Å²) in [5, 5.41) is 18.6. The van der Waals surface area contributed by atoms with Crippen molar-refractivity contribution >= 4 is 75.1 Å². The number of fused-ring (bicyclic) bond motifs is 1. The molecule has 3 atom stereocenters. The minimum atomic E-state index is -1.71. The lowest BCUT2D eigenvalue weighted by molar-refractivity contribution is -0.153. The first-order valence-electron chi connectivity index (χ1n) is 11.4. The van der Waals surface area contributed by atoms with E-state index in [1.165, 1.54) is 23.2 Å². The lowest BCUT2D eigenvalue weighted by Crippen LogP contribution is -2.81. The molecule has 17 heteroatoms. The van der Waals surface area contributed by atoms with Crippen LogP contribution in [-0.4, -0.2) is 90.6 Å².